The van der Waals surface area contributed by atoms with Crippen LogP contribution in [-0.4, -0.2) is 71.9 Å². The fraction of sp³-hybridized carbons (Fsp3) is 0.667. The summed E-state index contributed by atoms with van der Waals surface area (Å²) in [6.07, 6.45) is 2.09. The quantitative estimate of drug-likeness (QED) is 0.223. The molecular weight excluding hydrogens is 312 g/mol. The molecule has 0 saturated heterocycles. The van der Waals surface area contributed by atoms with Crippen LogP contribution < -0.4 is 11.1 Å². The van der Waals surface area contributed by atoms with Gasteiger partial charge in [-0.3, -0.25) is 0 Å². The van der Waals surface area contributed by atoms with E-state index in [-0.39, 0.29) is 0 Å². The summed E-state index contributed by atoms with van der Waals surface area (Å²) < 4.78 is 15.9. The van der Waals surface area contributed by atoms with E-state index in [9.17, 15) is 9.59 Å². The molecule has 0 rings (SSSR count). The van der Waals surface area contributed by atoms with Crippen LogP contribution in [0, 0.1) is 0 Å². The fourth-order valence-electron chi connectivity index (χ4n) is 1.36. The highest BCUT2D eigenvalue weighted by atomic mass is 28.4. The van der Waals surface area contributed by atoms with Gasteiger partial charge in [-0.2, -0.15) is 0 Å². The molecule has 0 amide bonds. The minimum atomic E-state index is -2.35. The SMILES string of the molecule is CO[Si](CCCNCCN)(OC)OC.O=C(O)/C=C\C(=O)O. The summed E-state index contributed by atoms with van der Waals surface area (Å²) in [5.74, 6) is -2.51. The predicted octanol–water partition coefficient (Wildman–Crippen LogP) is -0.485. The lowest BCUT2D eigenvalue weighted by Gasteiger charge is -2.24. The van der Waals surface area contributed by atoms with Gasteiger partial charge >= 0.3 is 20.7 Å². The van der Waals surface area contributed by atoms with Gasteiger partial charge in [-0.1, -0.05) is 0 Å². The van der Waals surface area contributed by atoms with Gasteiger partial charge in [0.05, 0.1) is 0 Å². The van der Waals surface area contributed by atoms with Gasteiger partial charge in [0.2, 0.25) is 0 Å². The van der Waals surface area contributed by atoms with Crippen molar-refractivity contribution < 1.29 is 33.1 Å². The van der Waals surface area contributed by atoms with Gasteiger partial charge in [-0.15, -0.1) is 0 Å². The third-order valence-electron chi connectivity index (χ3n) is 2.46. The first-order valence-electron chi connectivity index (χ1n) is 6.57. The number of nitrogens with one attached hydrogen (secondary N) is 1. The van der Waals surface area contributed by atoms with Crippen LogP contribution in [-0.2, 0) is 22.9 Å². The molecule has 0 radical (unpaired) electrons. The zero-order valence-corrected chi connectivity index (χ0v) is 14.2. The van der Waals surface area contributed by atoms with E-state index in [1.807, 2.05) is 0 Å². The van der Waals surface area contributed by atoms with E-state index in [4.69, 9.17) is 29.2 Å². The van der Waals surface area contributed by atoms with Gasteiger partial charge < -0.3 is 34.5 Å². The van der Waals surface area contributed by atoms with Crippen molar-refractivity contribution in [3.63, 3.8) is 0 Å². The number of aliphatic carboxylic acids is 2. The van der Waals surface area contributed by atoms with Gasteiger partial charge in [-0.25, -0.2) is 9.59 Å². The van der Waals surface area contributed by atoms with Crippen LogP contribution in [0.3, 0.4) is 0 Å². The molecule has 0 aromatic rings. The van der Waals surface area contributed by atoms with Gasteiger partial charge in [0.15, 0.2) is 0 Å². The zero-order valence-electron chi connectivity index (χ0n) is 13.2. The molecule has 5 N–H and O–H groups in total. The molecule has 0 unspecified atom stereocenters. The third-order valence-corrected chi connectivity index (χ3v) is 5.29. The topological polar surface area (TPSA) is 140 Å². The first kappa shape index (κ1) is 23.0. The molecule has 0 aromatic heterocycles. The summed E-state index contributed by atoms with van der Waals surface area (Å²) in [6.45, 7) is 2.44. The lowest BCUT2D eigenvalue weighted by atomic mass is 10.5. The maximum absolute atomic E-state index is 9.55. The molecule has 9 nitrogen and oxygen atoms in total. The Kier molecular flexibility index (Phi) is 15.3. The van der Waals surface area contributed by atoms with Crippen LogP contribution in [0.5, 0.6) is 0 Å². The molecule has 10 heteroatoms. The number of rotatable bonds is 11. The molecule has 0 heterocycles. The minimum absolute atomic E-state index is 0.558. The van der Waals surface area contributed by atoms with Gasteiger partial charge in [0.1, 0.15) is 0 Å². The second-order valence-corrected chi connectivity index (χ2v) is 7.04. The summed E-state index contributed by atoms with van der Waals surface area (Å²) in [5.41, 5.74) is 5.35. The van der Waals surface area contributed by atoms with Crippen molar-refractivity contribution in [1.82, 2.24) is 5.32 Å². The van der Waals surface area contributed by atoms with Crippen LogP contribution in [0.4, 0.5) is 0 Å². The van der Waals surface area contributed by atoms with Crippen molar-refractivity contribution in [3.05, 3.63) is 12.2 Å². The average Bonchev–Trinajstić information content (AvgIpc) is 2.50. The molecular formula is C12H26N2O7Si. The Morgan fingerprint density at radius 3 is 1.82 bits per heavy atom. The molecule has 0 aliphatic heterocycles. The summed E-state index contributed by atoms with van der Waals surface area (Å²) in [6, 6.07) is 0.827. The molecule has 0 atom stereocenters. The van der Waals surface area contributed by atoms with E-state index in [1.165, 1.54) is 0 Å². The summed E-state index contributed by atoms with van der Waals surface area (Å²) in [5, 5.41) is 18.8. The number of hydrogen-bond acceptors (Lipinski definition) is 7. The van der Waals surface area contributed by atoms with Crippen molar-refractivity contribution in [2.24, 2.45) is 5.73 Å². The smallest absolute Gasteiger partial charge is 0.478 e. The molecule has 0 fully saturated rings. The number of carboxylic acids is 2. The largest absolute Gasteiger partial charge is 0.500 e. The standard InChI is InChI=1S/C8H22N2O3Si.C4H4O4/c1-11-14(12-2,13-3)8-4-6-10-7-5-9;5-3(6)1-2-4(7)8/h10H,4-9H2,1-3H3;1-2H,(H,5,6)(H,7,8)/b;2-1-. The molecule has 0 aliphatic rings. The Balaban J connectivity index is 0. The molecule has 0 aromatic carbocycles. The number of nitrogens with two attached hydrogens (primary N) is 1. The first-order valence-corrected chi connectivity index (χ1v) is 8.50. The molecule has 0 spiro atoms. The van der Waals surface area contributed by atoms with Crippen LogP contribution in [0.2, 0.25) is 6.04 Å². The van der Waals surface area contributed by atoms with Gasteiger partial charge in [-0.05, 0) is 13.0 Å². The van der Waals surface area contributed by atoms with Crippen molar-refractivity contribution in [3.8, 4) is 0 Å². The van der Waals surface area contributed by atoms with Crippen LogP contribution in [0.25, 0.3) is 0 Å². The lowest BCUT2D eigenvalue weighted by Crippen LogP contribution is -2.43. The number of carbonyl (C=O) groups is 2. The molecule has 130 valence electrons. The van der Waals surface area contributed by atoms with Crippen LogP contribution >= 0.6 is 0 Å². The number of carboxylic acid groups (broad SMARTS) is 2. The maximum atomic E-state index is 9.55. The molecule has 0 aliphatic carbocycles. The normalized spacial score (nSPS) is 11.1. The van der Waals surface area contributed by atoms with E-state index in [2.05, 4.69) is 5.32 Å². The van der Waals surface area contributed by atoms with Gasteiger partial charge in [0, 0.05) is 52.6 Å². The monoisotopic (exact) mass is 338 g/mol. The minimum Gasteiger partial charge on any atom is -0.478 e. The maximum Gasteiger partial charge on any atom is 0.500 e. The van der Waals surface area contributed by atoms with Crippen molar-refractivity contribution in [2.75, 3.05) is 41.0 Å². The summed E-state index contributed by atoms with van der Waals surface area (Å²) in [7, 11) is 2.55. The molecule has 22 heavy (non-hydrogen) atoms. The highest BCUT2D eigenvalue weighted by Gasteiger charge is 2.36. The lowest BCUT2D eigenvalue weighted by molar-refractivity contribution is -0.134. The first-order chi connectivity index (χ1) is 10.4. The van der Waals surface area contributed by atoms with Crippen LogP contribution in [0.1, 0.15) is 6.42 Å². The summed E-state index contributed by atoms with van der Waals surface area (Å²) >= 11 is 0. The van der Waals surface area contributed by atoms with E-state index in [0.717, 1.165) is 25.6 Å². The molecule has 0 saturated carbocycles. The van der Waals surface area contributed by atoms with Crippen molar-refractivity contribution in [1.29, 1.82) is 0 Å². The Hall–Kier alpha value is -1.30. The zero-order chi connectivity index (χ0) is 17.4. The van der Waals surface area contributed by atoms with E-state index in [0.29, 0.717) is 18.7 Å². The van der Waals surface area contributed by atoms with Crippen molar-refractivity contribution >= 4 is 20.7 Å². The second-order valence-electron chi connectivity index (χ2n) is 3.95. The molecule has 0 bridgehead atoms. The fourth-order valence-corrected chi connectivity index (χ4v) is 3.08. The third kappa shape index (κ3) is 13.7. The number of hydrogen-bond donors (Lipinski definition) is 4. The predicted molar refractivity (Wildman–Crippen MR) is 82.5 cm³/mol. The van der Waals surface area contributed by atoms with E-state index >= 15 is 0 Å². The summed E-state index contributed by atoms with van der Waals surface area (Å²) in [4.78, 5) is 19.1. The Morgan fingerprint density at radius 2 is 1.50 bits per heavy atom. The van der Waals surface area contributed by atoms with Gasteiger partial charge in [0.25, 0.3) is 0 Å². The Labute approximate surface area is 131 Å². The Morgan fingerprint density at radius 1 is 1.05 bits per heavy atom. The average molecular weight is 338 g/mol. The highest BCUT2D eigenvalue weighted by molar-refractivity contribution is 6.60. The van der Waals surface area contributed by atoms with Crippen molar-refractivity contribution in [2.45, 2.75) is 12.5 Å². The van der Waals surface area contributed by atoms with E-state index in [1.54, 1.807) is 21.3 Å². The van der Waals surface area contributed by atoms with E-state index < -0.39 is 20.7 Å². The van der Waals surface area contributed by atoms with Crippen LogP contribution in [0.15, 0.2) is 12.2 Å². The second kappa shape index (κ2) is 14.6. The highest BCUT2D eigenvalue weighted by Crippen LogP contribution is 2.13. The Bertz CT molecular complexity index is 311.